The van der Waals surface area contributed by atoms with Crippen LogP contribution in [0.25, 0.3) is 0 Å². The maximum atomic E-state index is 5.35. The van der Waals surface area contributed by atoms with E-state index in [-0.39, 0.29) is 0 Å². The van der Waals surface area contributed by atoms with Crippen molar-refractivity contribution in [3.8, 4) is 11.5 Å². The van der Waals surface area contributed by atoms with Gasteiger partial charge >= 0.3 is 0 Å². The second-order valence-corrected chi connectivity index (χ2v) is 4.67. The average molecular weight is 302 g/mol. The van der Waals surface area contributed by atoms with Crippen molar-refractivity contribution in [3.63, 3.8) is 0 Å². The summed E-state index contributed by atoms with van der Waals surface area (Å²) in [5.74, 6) is 1.63. The van der Waals surface area contributed by atoms with Crippen LogP contribution in [0.15, 0.2) is 16.6 Å². The Balaban J connectivity index is 1.88. The van der Waals surface area contributed by atoms with Gasteiger partial charge in [0.1, 0.15) is 0 Å². The molecule has 0 amide bonds. The first-order valence-electron chi connectivity index (χ1n) is 5.59. The Labute approximate surface area is 109 Å². The predicted octanol–water partition coefficient (Wildman–Crippen LogP) is 2.30. The van der Waals surface area contributed by atoms with Crippen LogP contribution in [0.2, 0.25) is 0 Å². The van der Waals surface area contributed by atoms with Gasteiger partial charge in [-0.25, -0.2) is 0 Å². The van der Waals surface area contributed by atoms with Gasteiger partial charge in [-0.3, -0.25) is 0 Å². The Morgan fingerprint density at radius 1 is 1.35 bits per heavy atom. The van der Waals surface area contributed by atoms with Crippen molar-refractivity contribution in [3.05, 3.63) is 22.2 Å². The third-order valence-corrected chi connectivity index (χ3v) is 3.30. The molecule has 0 spiro atoms. The third-order valence-electron chi connectivity index (χ3n) is 2.56. The molecule has 2 rings (SSSR count). The van der Waals surface area contributed by atoms with E-state index in [1.807, 2.05) is 12.1 Å². The second-order valence-electron chi connectivity index (χ2n) is 3.82. The topological polar surface area (TPSA) is 39.7 Å². The van der Waals surface area contributed by atoms with Gasteiger partial charge in [0.05, 0.1) is 0 Å². The van der Waals surface area contributed by atoms with Crippen LogP contribution in [-0.2, 0) is 11.3 Å². The monoisotopic (exact) mass is 301 g/mol. The molecule has 17 heavy (non-hydrogen) atoms. The van der Waals surface area contributed by atoms with Crippen molar-refractivity contribution in [1.82, 2.24) is 5.32 Å². The second kappa shape index (κ2) is 6.23. The van der Waals surface area contributed by atoms with Crippen molar-refractivity contribution >= 4 is 15.9 Å². The van der Waals surface area contributed by atoms with E-state index in [1.165, 1.54) is 5.56 Å². The molecule has 4 nitrogen and oxygen atoms in total. The highest BCUT2D eigenvalue weighted by molar-refractivity contribution is 9.10. The van der Waals surface area contributed by atoms with E-state index < -0.39 is 0 Å². The maximum Gasteiger partial charge on any atom is 0.231 e. The summed E-state index contributed by atoms with van der Waals surface area (Å²) in [4.78, 5) is 0. The smallest absolute Gasteiger partial charge is 0.231 e. The highest BCUT2D eigenvalue weighted by Gasteiger charge is 2.15. The van der Waals surface area contributed by atoms with E-state index in [1.54, 1.807) is 7.11 Å². The van der Waals surface area contributed by atoms with Crippen molar-refractivity contribution in [2.24, 2.45) is 0 Å². The lowest BCUT2D eigenvalue weighted by molar-refractivity contribution is 0.174. The highest BCUT2D eigenvalue weighted by atomic mass is 79.9. The maximum absolute atomic E-state index is 5.35. The minimum absolute atomic E-state index is 0.312. The lowest BCUT2D eigenvalue weighted by Crippen LogP contribution is -2.16. The first-order valence-corrected chi connectivity index (χ1v) is 6.38. The van der Waals surface area contributed by atoms with Crippen molar-refractivity contribution < 1.29 is 14.2 Å². The molecule has 0 unspecified atom stereocenters. The van der Waals surface area contributed by atoms with Gasteiger partial charge in [0.2, 0.25) is 6.79 Å². The number of benzene rings is 1. The minimum atomic E-state index is 0.312. The number of methoxy groups -OCH3 is 1. The standard InChI is InChI=1S/C12H16BrNO3/c1-15-4-2-3-14-7-9-5-11-12(6-10(9)13)17-8-16-11/h5-6,14H,2-4,7-8H2,1H3. The van der Waals surface area contributed by atoms with E-state index >= 15 is 0 Å². The van der Waals surface area contributed by atoms with E-state index in [9.17, 15) is 0 Å². The van der Waals surface area contributed by atoms with Gasteiger partial charge in [-0.1, -0.05) is 15.9 Å². The summed E-state index contributed by atoms with van der Waals surface area (Å²) in [5, 5.41) is 3.36. The number of ether oxygens (including phenoxy) is 3. The summed E-state index contributed by atoms with van der Waals surface area (Å²) in [5.41, 5.74) is 1.17. The molecular weight excluding hydrogens is 286 g/mol. The molecule has 0 atom stereocenters. The summed E-state index contributed by atoms with van der Waals surface area (Å²) in [6.07, 6.45) is 1.01. The van der Waals surface area contributed by atoms with Gasteiger partial charge in [-0.15, -0.1) is 0 Å². The van der Waals surface area contributed by atoms with Crippen LogP contribution in [-0.4, -0.2) is 27.1 Å². The minimum Gasteiger partial charge on any atom is -0.454 e. The van der Waals surface area contributed by atoms with E-state index in [0.717, 1.165) is 42.1 Å². The number of rotatable bonds is 6. The molecule has 0 radical (unpaired) electrons. The molecule has 94 valence electrons. The summed E-state index contributed by atoms with van der Waals surface area (Å²) in [7, 11) is 1.72. The van der Waals surface area contributed by atoms with Crippen LogP contribution < -0.4 is 14.8 Å². The van der Waals surface area contributed by atoms with Gasteiger partial charge in [0, 0.05) is 24.7 Å². The normalized spacial score (nSPS) is 13.1. The number of fused-ring (bicyclic) bond motifs is 1. The molecule has 1 heterocycles. The molecule has 1 aromatic carbocycles. The summed E-state index contributed by atoms with van der Waals surface area (Å²) >= 11 is 3.53. The number of halogens is 1. The molecule has 1 aliphatic rings. The van der Waals surface area contributed by atoms with E-state index in [4.69, 9.17) is 14.2 Å². The third kappa shape index (κ3) is 3.34. The molecule has 0 saturated heterocycles. The largest absolute Gasteiger partial charge is 0.454 e. The fourth-order valence-electron chi connectivity index (χ4n) is 1.66. The number of hydrogen-bond donors (Lipinski definition) is 1. The fourth-order valence-corrected chi connectivity index (χ4v) is 2.12. The van der Waals surface area contributed by atoms with Gasteiger partial charge < -0.3 is 19.5 Å². The van der Waals surface area contributed by atoms with E-state index in [2.05, 4.69) is 21.2 Å². The summed E-state index contributed by atoms with van der Waals surface area (Å²) in [6.45, 7) is 2.84. The van der Waals surface area contributed by atoms with Crippen LogP contribution >= 0.6 is 15.9 Å². The lowest BCUT2D eigenvalue weighted by atomic mass is 10.2. The molecule has 0 saturated carbocycles. The lowest BCUT2D eigenvalue weighted by Gasteiger charge is -2.08. The Bertz CT molecular complexity index is 384. The van der Waals surface area contributed by atoms with Crippen molar-refractivity contribution in [1.29, 1.82) is 0 Å². The molecule has 1 aromatic rings. The van der Waals surface area contributed by atoms with Gasteiger partial charge in [-0.2, -0.15) is 0 Å². The average Bonchev–Trinajstić information content (AvgIpc) is 2.76. The molecular formula is C12H16BrNO3. The van der Waals surface area contributed by atoms with Crippen LogP contribution in [0.4, 0.5) is 0 Å². The summed E-state index contributed by atoms with van der Waals surface area (Å²) in [6, 6.07) is 3.96. The van der Waals surface area contributed by atoms with Crippen LogP contribution in [0.5, 0.6) is 11.5 Å². The van der Waals surface area contributed by atoms with Gasteiger partial charge in [0.15, 0.2) is 11.5 Å². The van der Waals surface area contributed by atoms with Crippen LogP contribution in [0.1, 0.15) is 12.0 Å². The molecule has 0 aliphatic carbocycles. The molecule has 0 fully saturated rings. The van der Waals surface area contributed by atoms with Crippen LogP contribution in [0.3, 0.4) is 0 Å². The first kappa shape index (κ1) is 12.7. The Kier molecular flexibility index (Phi) is 4.65. The quantitative estimate of drug-likeness (QED) is 0.819. The summed E-state index contributed by atoms with van der Waals surface area (Å²) < 4.78 is 16.7. The Morgan fingerprint density at radius 2 is 2.12 bits per heavy atom. The zero-order valence-corrected chi connectivity index (χ0v) is 11.4. The Morgan fingerprint density at radius 3 is 2.88 bits per heavy atom. The van der Waals surface area contributed by atoms with E-state index in [0.29, 0.717) is 6.79 Å². The zero-order chi connectivity index (χ0) is 12.1. The molecule has 5 heteroatoms. The van der Waals surface area contributed by atoms with Gasteiger partial charge in [0.25, 0.3) is 0 Å². The zero-order valence-electron chi connectivity index (χ0n) is 9.79. The van der Waals surface area contributed by atoms with Crippen molar-refractivity contribution in [2.45, 2.75) is 13.0 Å². The first-order chi connectivity index (χ1) is 8.31. The molecule has 0 bridgehead atoms. The number of hydrogen-bond acceptors (Lipinski definition) is 4. The molecule has 0 aromatic heterocycles. The molecule has 1 aliphatic heterocycles. The van der Waals surface area contributed by atoms with Gasteiger partial charge in [-0.05, 0) is 30.7 Å². The molecule has 1 N–H and O–H groups in total. The SMILES string of the molecule is COCCCNCc1cc2c(cc1Br)OCO2. The van der Waals surface area contributed by atoms with Crippen molar-refractivity contribution in [2.75, 3.05) is 27.1 Å². The van der Waals surface area contributed by atoms with Crippen LogP contribution in [0, 0.1) is 0 Å². The number of nitrogens with one attached hydrogen (secondary N) is 1. The highest BCUT2D eigenvalue weighted by Crippen LogP contribution is 2.36. The Hall–Kier alpha value is -0.780. The fraction of sp³-hybridized carbons (Fsp3) is 0.500. The predicted molar refractivity (Wildman–Crippen MR) is 68.5 cm³/mol.